The SMILES string of the molecule is CS(=O)(=O)Nc1cc(NC(=O)C2CCCCC2c2nc3ccccc3s2)ccc1F. The molecule has 2 unspecified atom stereocenters. The summed E-state index contributed by atoms with van der Waals surface area (Å²) in [4.78, 5) is 17.8. The van der Waals surface area contributed by atoms with E-state index in [0.717, 1.165) is 53.2 Å². The largest absolute Gasteiger partial charge is 0.326 e. The summed E-state index contributed by atoms with van der Waals surface area (Å²) in [7, 11) is -3.63. The first-order chi connectivity index (χ1) is 14.3. The zero-order valence-electron chi connectivity index (χ0n) is 16.4. The van der Waals surface area contributed by atoms with Crippen molar-refractivity contribution in [3.05, 3.63) is 53.3 Å². The van der Waals surface area contributed by atoms with Crippen LogP contribution in [0.25, 0.3) is 10.2 Å². The topological polar surface area (TPSA) is 88.2 Å². The highest BCUT2D eigenvalue weighted by Crippen LogP contribution is 2.41. The van der Waals surface area contributed by atoms with Crippen molar-refractivity contribution in [2.24, 2.45) is 5.92 Å². The Kier molecular flexibility index (Phi) is 5.75. The van der Waals surface area contributed by atoms with Gasteiger partial charge in [-0.3, -0.25) is 9.52 Å². The van der Waals surface area contributed by atoms with Crippen molar-refractivity contribution < 1.29 is 17.6 Å². The molecule has 1 saturated carbocycles. The smallest absolute Gasteiger partial charge is 0.229 e. The van der Waals surface area contributed by atoms with Gasteiger partial charge in [-0.25, -0.2) is 17.8 Å². The molecule has 2 atom stereocenters. The lowest BCUT2D eigenvalue weighted by Gasteiger charge is -2.29. The van der Waals surface area contributed by atoms with E-state index in [1.807, 2.05) is 24.3 Å². The van der Waals surface area contributed by atoms with Gasteiger partial charge < -0.3 is 5.32 Å². The first-order valence-corrected chi connectivity index (χ1v) is 12.4. The Morgan fingerprint density at radius 3 is 2.70 bits per heavy atom. The first kappa shape index (κ1) is 20.7. The van der Waals surface area contributed by atoms with Crippen LogP contribution >= 0.6 is 11.3 Å². The van der Waals surface area contributed by atoms with Gasteiger partial charge in [0, 0.05) is 17.5 Å². The number of nitrogens with zero attached hydrogens (tertiary/aromatic N) is 1. The Morgan fingerprint density at radius 1 is 1.17 bits per heavy atom. The van der Waals surface area contributed by atoms with Gasteiger partial charge in [-0.2, -0.15) is 0 Å². The standard InChI is InChI=1S/C21H22FN3O3S2/c1-30(27,28)25-18-12-13(10-11-16(18)22)23-20(26)14-6-2-3-7-15(14)21-24-17-8-4-5-9-19(17)29-21/h4-5,8-12,14-15,25H,2-3,6-7H2,1H3,(H,23,26). The number of fused-ring (bicyclic) bond motifs is 1. The normalized spacial score (nSPS) is 19.5. The van der Waals surface area contributed by atoms with Gasteiger partial charge in [0.15, 0.2) is 0 Å². The van der Waals surface area contributed by atoms with Crippen molar-refractivity contribution in [1.29, 1.82) is 0 Å². The second-order valence-corrected chi connectivity index (χ2v) is 10.4. The third kappa shape index (κ3) is 4.62. The molecule has 30 heavy (non-hydrogen) atoms. The van der Waals surface area contributed by atoms with Gasteiger partial charge in [0.2, 0.25) is 15.9 Å². The Balaban J connectivity index is 1.56. The highest BCUT2D eigenvalue weighted by Gasteiger charge is 2.34. The van der Waals surface area contributed by atoms with Gasteiger partial charge in [-0.15, -0.1) is 11.3 Å². The summed E-state index contributed by atoms with van der Waals surface area (Å²) >= 11 is 1.62. The number of para-hydroxylation sites is 1. The highest BCUT2D eigenvalue weighted by molar-refractivity contribution is 7.92. The number of thiazole rings is 1. The number of rotatable bonds is 5. The number of hydrogen-bond donors (Lipinski definition) is 2. The quantitative estimate of drug-likeness (QED) is 0.592. The van der Waals surface area contributed by atoms with Crippen molar-refractivity contribution >= 4 is 48.9 Å². The fourth-order valence-electron chi connectivity index (χ4n) is 3.90. The van der Waals surface area contributed by atoms with Gasteiger partial charge in [-0.05, 0) is 43.2 Å². The molecule has 0 aliphatic heterocycles. The number of aromatic nitrogens is 1. The van der Waals surface area contributed by atoms with Crippen LogP contribution in [0.5, 0.6) is 0 Å². The molecule has 1 aliphatic rings. The summed E-state index contributed by atoms with van der Waals surface area (Å²) in [6.07, 6.45) is 4.60. The molecule has 3 aromatic rings. The number of hydrogen-bond acceptors (Lipinski definition) is 5. The summed E-state index contributed by atoms with van der Waals surface area (Å²) in [6.45, 7) is 0. The molecular weight excluding hydrogens is 425 g/mol. The predicted octanol–water partition coefficient (Wildman–Crippen LogP) is 4.72. The summed E-state index contributed by atoms with van der Waals surface area (Å²) in [5.74, 6) is -1.07. The Labute approximate surface area is 178 Å². The van der Waals surface area contributed by atoms with Gasteiger partial charge in [0.1, 0.15) is 5.82 Å². The lowest BCUT2D eigenvalue weighted by molar-refractivity contribution is -0.121. The van der Waals surface area contributed by atoms with E-state index in [0.29, 0.717) is 5.69 Å². The Morgan fingerprint density at radius 2 is 1.93 bits per heavy atom. The van der Waals surface area contributed by atoms with E-state index in [4.69, 9.17) is 4.98 Å². The molecule has 0 saturated heterocycles. The number of benzene rings is 2. The lowest BCUT2D eigenvalue weighted by Crippen LogP contribution is -2.30. The summed E-state index contributed by atoms with van der Waals surface area (Å²) in [5, 5.41) is 3.80. The molecule has 158 valence electrons. The Hall–Kier alpha value is -2.52. The molecule has 1 heterocycles. The maximum absolute atomic E-state index is 13.9. The lowest BCUT2D eigenvalue weighted by atomic mass is 9.79. The number of anilines is 2. The van der Waals surface area contributed by atoms with Gasteiger partial charge in [0.05, 0.1) is 27.2 Å². The number of nitrogens with one attached hydrogen (secondary N) is 2. The molecule has 1 aromatic heterocycles. The van der Waals surface area contributed by atoms with Crippen LogP contribution in [0.3, 0.4) is 0 Å². The van der Waals surface area contributed by atoms with Crippen LogP contribution in [-0.4, -0.2) is 25.6 Å². The number of amides is 1. The summed E-state index contributed by atoms with van der Waals surface area (Å²) in [5.41, 5.74) is 1.10. The van der Waals surface area contributed by atoms with Crippen molar-refractivity contribution in [2.75, 3.05) is 16.3 Å². The molecule has 2 N–H and O–H groups in total. The third-order valence-electron chi connectivity index (χ3n) is 5.26. The minimum atomic E-state index is -3.63. The number of sulfonamides is 1. The predicted molar refractivity (Wildman–Crippen MR) is 118 cm³/mol. The van der Waals surface area contributed by atoms with E-state index in [2.05, 4.69) is 10.0 Å². The van der Waals surface area contributed by atoms with Gasteiger partial charge in [-0.1, -0.05) is 25.0 Å². The minimum absolute atomic E-state index is 0.0326. The molecule has 0 spiro atoms. The van der Waals surface area contributed by atoms with Crippen LogP contribution in [0.4, 0.5) is 15.8 Å². The first-order valence-electron chi connectivity index (χ1n) is 9.74. The van der Waals surface area contributed by atoms with Crippen molar-refractivity contribution in [1.82, 2.24) is 4.98 Å². The van der Waals surface area contributed by atoms with E-state index >= 15 is 0 Å². The molecule has 6 nitrogen and oxygen atoms in total. The molecule has 0 bridgehead atoms. The molecule has 0 radical (unpaired) electrons. The second-order valence-electron chi connectivity index (χ2n) is 7.58. The van der Waals surface area contributed by atoms with Crippen molar-refractivity contribution in [3.8, 4) is 0 Å². The molecule has 1 amide bonds. The fourth-order valence-corrected chi connectivity index (χ4v) is 5.63. The van der Waals surface area contributed by atoms with E-state index < -0.39 is 15.8 Å². The van der Waals surface area contributed by atoms with E-state index in [9.17, 15) is 17.6 Å². The van der Waals surface area contributed by atoms with Crippen molar-refractivity contribution in [2.45, 2.75) is 31.6 Å². The van der Waals surface area contributed by atoms with Crippen LogP contribution in [0.15, 0.2) is 42.5 Å². The summed E-state index contributed by atoms with van der Waals surface area (Å²) in [6, 6.07) is 11.8. The van der Waals surface area contributed by atoms with E-state index in [1.54, 1.807) is 11.3 Å². The zero-order valence-corrected chi connectivity index (χ0v) is 18.0. The highest BCUT2D eigenvalue weighted by atomic mass is 32.2. The maximum atomic E-state index is 13.9. The molecule has 2 aromatic carbocycles. The molecule has 9 heteroatoms. The monoisotopic (exact) mass is 447 g/mol. The summed E-state index contributed by atoms with van der Waals surface area (Å²) < 4.78 is 40.0. The van der Waals surface area contributed by atoms with Gasteiger partial charge in [0.25, 0.3) is 0 Å². The van der Waals surface area contributed by atoms with Crippen LogP contribution in [0.2, 0.25) is 0 Å². The zero-order chi connectivity index (χ0) is 21.3. The minimum Gasteiger partial charge on any atom is -0.326 e. The fraction of sp³-hybridized carbons (Fsp3) is 0.333. The van der Waals surface area contributed by atoms with E-state index in [-0.39, 0.29) is 23.4 Å². The van der Waals surface area contributed by atoms with Crippen LogP contribution in [-0.2, 0) is 14.8 Å². The van der Waals surface area contributed by atoms with Crippen LogP contribution < -0.4 is 10.0 Å². The molecular formula is C21H22FN3O3S2. The average Bonchev–Trinajstić information content (AvgIpc) is 3.13. The second kappa shape index (κ2) is 8.31. The third-order valence-corrected chi connectivity index (χ3v) is 7.02. The van der Waals surface area contributed by atoms with Gasteiger partial charge >= 0.3 is 0 Å². The van der Waals surface area contributed by atoms with Crippen LogP contribution in [0.1, 0.15) is 36.6 Å². The number of halogens is 1. The number of carbonyl (C=O) groups is 1. The van der Waals surface area contributed by atoms with Crippen molar-refractivity contribution in [3.63, 3.8) is 0 Å². The average molecular weight is 448 g/mol. The molecule has 1 fully saturated rings. The van der Waals surface area contributed by atoms with E-state index in [1.165, 1.54) is 12.1 Å². The Bertz CT molecular complexity index is 1160. The molecule has 1 aliphatic carbocycles. The van der Waals surface area contributed by atoms with Crippen LogP contribution in [0, 0.1) is 11.7 Å². The maximum Gasteiger partial charge on any atom is 0.229 e. The number of carbonyl (C=O) groups excluding carboxylic acids is 1. The molecule has 4 rings (SSSR count).